The molecule has 0 atom stereocenters. The van der Waals surface area contributed by atoms with Crippen molar-refractivity contribution < 1.29 is 4.79 Å². The van der Waals surface area contributed by atoms with E-state index in [1.54, 1.807) is 0 Å². The Hall–Kier alpha value is -0.670. The van der Waals surface area contributed by atoms with Gasteiger partial charge in [-0.05, 0) is 36.6 Å². The molecule has 0 spiro atoms. The van der Waals surface area contributed by atoms with Crippen molar-refractivity contribution in [3.63, 3.8) is 0 Å². The fourth-order valence-electron chi connectivity index (χ4n) is 2.21. The molecular weight excluding hydrogens is 254 g/mol. The van der Waals surface area contributed by atoms with Crippen LogP contribution in [0.2, 0.25) is 0 Å². The van der Waals surface area contributed by atoms with Gasteiger partial charge in [-0.25, -0.2) is 0 Å². The zero-order valence-electron chi connectivity index (χ0n) is 8.37. The molecule has 1 aliphatic carbocycles. The first-order valence-corrected chi connectivity index (χ1v) is 6.09. The SMILES string of the molecule is O=C1CN(C2CC2)Cc2cc(Br)ccc21. The van der Waals surface area contributed by atoms with Crippen LogP contribution in [0.25, 0.3) is 0 Å². The number of Topliss-reactive ketones (excluding diaryl/α,β-unsaturated/α-hetero) is 1. The molecule has 15 heavy (non-hydrogen) atoms. The van der Waals surface area contributed by atoms with Gasteiger partial charge >= 0.3 is 0 Å². The van der Waals surface area contributed by atoms with Gasteiger partial charge in [0.2, 0.25) is 0 Å². The Bertz CT molecular complexity index is 426. The van der Waals surface area contributed by atoms with Crippen molar-refractivity contribution in [3.8, 4) is 0 Å². The van der Waals surface area contributed by atoms with Crippen molar-refractivity contribution >= 4 is 21.7 Å². The molecule has 1 aromatic rings. The fourth-order valence-corrected chi connectivity index (χ4v) is 2.62. The number of hydrogen-bond acceptors (Lipinski definition) is 2. The molecule has 0 bridgehead atoms. The van der Waals surface area contributed by atoms with E-state index in [4.69, 9.17) is 0 Å². The Morgan fingerprint density at radius 2 is 2.07 bits per heavy atom. The third-order valence-electron chi connectivity index (χ3n) is 3.15. The van der Waals surface area contributed by atoms with Crippen LogP contribution in [-0.2, 0) is 6.54 Å². The van der Waals surface area contributed by atoms with Gasteiger partial charge in [-0.1, -0.05) is 15.9 Å². The van der Waals surface area contributed by atoms with Crippen molar-refractivity contribution in [3.05, 3.63) is 33.8 Å². The van der Waals surface area contributed by atoms with Gasteiger partial charge in [-0.3, -0.25) is 9.69 Å². The van der Waals surface area contributed by atoms with Crippen molar-refractivity contribution in [1.29, 1.82) is 0 Å². The predicted molar refractivity (Wildman–Crippen MR) is 61.9 cm³/mol. The van der Waals surface area contributed by atoms with Gasteiger partial charge in [-0.15, -0.1) is 0 Å². The standard InChI is InChI=1S/C12H12BrNO/c13-9-1-4-11-8(5-9)6-14(7-12(11)15)10-2-3-10/h1,4-5,10H,2-3,6-7H2. The average Bonchev–Trinajstić information content (AvgIpc) is 2.99. The second kappa shape index (κ2) is 3.42. The van der Waals surface area contributed by atoms with Gasteiger partial charge in [0.15, 0.2) is 5.78 Å². The van der Waals surface area contributed by atoms with Crippen molar-refractivity contribution in [2.75, 3.05) is 6.54 Å². The highest BCUT2D eigenvalue weighted by Crippen LogP contribution is 2.32. The van der Waals surface area contributed by atoms with Crippen LogP contribution in [0.3, 0.4) is 0 Å². The lowest BCUT2D eigenvalue weighted by molar-refractivity contribution is 0.0893. The summed E-state index contributed by atoms with van der Waals surface area (Å²) in [5, 5.41) is 0. The van der Waals surface area contributed by atoms with Gasteiger partial charge < -0.3 is 0 Å². The number of hydrogen-bond donors (Lipinski definition) is 0. The van der Waals surface area contributed by atoms with Crippen LogP contribution in [-0.4, -0.2) is 23.3 Å². The van der Waals surface area contributed by atoms with Gasteiger partial charge in [0.1, 0.15) is 0 Å². The molecule has 2 aliphatic rings. The Morgan fingerprint density at radius 3 is 2.80 bits per heavy atom. The smallest absolute Gasteiger partial charge is 0.177 e. The van der Waals surface area contributed by atoms with E-state index >= 15 is 0 Å². The highest BCUT2D eigenvalue weighted by molar-refractivity contribution is 9.10. The molecule has 0 N–H and O–H groups in total. The summed E-state index contributed by atoms with van der Waals surface area (Å²) in [5.74, 6) is 0.274. The highest BCUT2D eigenvalue weighted by atomic mass is 79.9. The largest absolute Gasteiger partial charge is 0.293 e. The van der Waals surface area contributed by atoms with E-state index in [0.717, 1.165) is 16.6 Å². The first kappa shape index (κ1) is 9.55. The molecule has 1 heterocycles. The number of ketones is 1. The molecule has 0 unspecified atom stereocenters. The van der Waals surface area contributed by atoms with Gasteiger partial charge in [0.25, 0.3) is 0 Å². The summed E-state index contributed by atoms with van der Waals surface area (Å²) >= 11 is 3.45. The number of carbonyl (C=O) groups excluding carboxylic acids is 1. The molecule has 0 saturated heterocycles. The maximum absolute atomic E-state index is 11.9. The minimum absolute atomic E-state index is 0.274. The Morgan fingerprint density at radius 1 is 1.27 bits per heavy atom. The lowest BCUT2D eigenvalue weighted by Crippen LogP contribution is -2.36. The van der Waals surface area contributed by atoms with Gasteiger partial charge in [-0.2, -0.15) is 0 Å². The molecule has 2 nitrogen and oxygen atoms in total. The summed E-state index contributed by atoms with van der Waals surface area (Å²) in [6.07, 6.45) is 2.52. The molecule has 0 aromatic heterocycles. The Labute approximate surface area is 97.4 Å². The maximum atomic E-state index is 11.9. The topological polar surface area (TPSA) is 20.3 Å². The molecule has 0 radical (unpaired) electrons. The zero-order valence-corrected chi connectivity index (χ0v) is 9.96. The molecule has 1 aliphatic heterocycles. The number of benzene rings is 1. The van der Waals surface area contributed by atoms with E-state index in [-0.39, 0.29) is 5.78 Å². The highest BCUT2D eigenvalue weighted by Gasteiger charge is 2.33. The zero-order chi connectivity index (χ0) is 10.4. The van der Waals surface area contributed by atoms with Gasteiger partial charge in [0, 0.05) is 22.6 Å². The number of halogens is 1. The van der Waals surface area contributed by atoms with Crippen molar-refractivity contribution in [2.24, 2.45) is 0 Å². The molecule has 78 valence electrons. The minimum atomic E-state index is 0.274. The molecule has 0 amide bonds. The second-order valence-corrected chi connectivity index (χ2v) is 5.28. The lowest BCUT2D eigenvalue weighted by Gasteiger charge is -2.27. The fraction of sp³-hybridized carbons (Fsp3) is 0.417. The van der Waals surface area contributed by atoms with Crippen LogP contribution in [0.4, 0.5) is 0 Å². The van der Waals surface area contributed by atoms with Gasteiger partial charge in [0.05, 0.1) is 6.54 Å². The Balaban J connectivity index is 1.97. The lowest BCUT2D eigenvalue weighted by atomic mass is 9.99. The average molecular weight is 266 g/mol. The monoisotopic (exact) mass is 265 g/mol. The van der Waals surface area contributed by atoms with Crippen LogP contribution in [0.1, 0.15) is 28.8 Å². The first-order chi connectivity index (χ1) is 7.24. The second-order valence-electron chi connectivity index (χ2n) is 4.36. The van der Waals surface area contributed by atoms with Crippen LogP contribution in [0, 0.1) is 0 Å². The predicted octanol–water partition coefficient (Wildman–Crippen LogP) is 2.61. The van der Waals surface area contributed by atoms with Crippen LogP contribution >= 0.6 is 15.9 Å². The maximum Gasteiger partial charge on any atom is 0.177 e. The Kier molecular flexibility index (Phi) is 2.18. The van der Waals surface area contributed by atoms with Crippen LogP contribution in [0.15, 0.2) is 22.7 Å². The summed E-state index contributed by atoms with van der Waals surface area (Å²) in [6, 6.07) is 6.62. The molecule has 1 saturated carbocycles. The van der Waals surface area contributed by atoms with E-state index in [9.17, 15) is 4.79 Å². The summed E-state index contributed by atoms with van der Waals surface area (Å²) < 4.78 is 1.06. The van der Waals surface area contributed by atoms with Crippen molar-refractivity contribution in [1.82, 2.24) is 4.90 Å². The van der Waals surface area contributed by atoms with E-state index < -0.39 is 0 Å². The van der Waals surface area contributed by atoms with Crippen molar-refractivity contribution in [2.45, 2.75) is 25.4 Å². The van der Waals surface area contributed by atoms with E-state index in [0.29, 0.717) is 12.6 Å². The van der Waals surface area contributed by atoms with E-state index in [1.807, 2.05) is 12.1 Å². The molecular formula is C12H12BrNO. The number of fused-ring (bicyclic) bond motifs is 1. The minimum Gasteiger partial charge on any atom is -0.293 e. The summed E-state index contributed by atoms with van der Waals surface area (Å²) in [4.78, 5) is 14.2. The molecule has 3 rings (SSSR count). The quantitative estimate of drug-likeness (QED) is 0.778. The third-order valence-corrected chi connectivity index (χ3v) is 3.64. The van der Waals surface area contributed by atoms with E-state index in [2.05, 4.69) is 26.9 Å². The summed E-state index contributed by atoms with van der Waals surface area (Å²) in [5.41, 5.74) is 2.09. The molecule has 1 aromatic carbocycles. The first-order valence-electron chi connectivity index (χ1n) is 5.30. The number of nitrogens with zero attached hydrogens (tertiary/aromatic N) is 1. The summed E-state index contributed by atoms with van der Waals surface area (Å²) in [6.45, 7) is 1.55. The molecule has 3 heteroatoms. The summed E-state index contributed by atoms with van der Waals surface area (Å²) in [7, 11) is 0. The number of carbonyl (C=O) groups is 1. The van der Waals surface area contributed by atoms with Crippen LogP contribution in [0.5, 0.6) is 0 Å². The normalized spacial score (nSPS) is 21.5. The number of rotatable bonds is 1. The van der Waals surface area contributed by atoms with E-state index in [1.165, 1.54) is 18.4 Å². The third kappa shape index (κ3) is 1.74. The van der Waals surface area contributed by atoms with Crippen LogP contribution < -0.4 is 0 Å². The molecule has 1 fully saturated rings.